The number of carboxylic acids is 3. The van der Waals surface area contributed by atoms with Crippen molar-refractivity contribution in [1.29, 1.82) is 0 Å². The predicted molar refractivity (Wildman–Crippen MR) is 109 cm³/mol. The smallest absolute Gasteiger partial charge is 0.326 e. The molecule has 0 aliphatic rings. The SMILES string of the molecule is Cc1ccc(C(=O)NCCCCC(NC(=O)NC(CCC(=O)O)C(=O)O)C(=O)O)cc1. The monoisotopic (exact) mass is 437 g/mol. The van der Waals surface area contributed by atoms with Gasteiger partial charge in [-0.3, -0.25) is 9.59 Å². The van der Waals surface area contributed by atoms with Gasteiger partial charge in [-0.25, -0.2) is 14.4 Å². The van der Waals surface area contributed by atoms with Crippen molar-refractivity contribution in [3.63, 3.8) is 0 Å². The van der Waals surface area contributed by atoms with E-state index in [2.05, 4.69) is 16.0 Å². The molecule has 0 aliphatic carbocycles. The first-order valence-electron chi connectivity index (χ1n) is 9.69. The summed E-state index contributed by atoms with van der Waals surface area (Å²) in [5.74, 6) is -4.18. The second-order valence-electron chi connectivity index (χ2n) is 6.95. The van der Waals surface area contributed by atoms with Crippen molar-refractivity contribution in [3.8, 4) is 0 Å². The Hall–Kier alpha value is -3.63. The Kier molecular flexibility index (Phi) is 10.5. The van der Waals surface area contributed by atoms with Crippen molar-refractivity contribution >= 4 is 29.8 Å². The lowest BCUT2D eigenvalue weighted by Crippen LogP contribution is -2.51. The molecular formula is C20H27N3O8. The highest BCUT2D eigenvalue weighted by molar-refractivity contribution is 5.94. The van der Waals surface area contributed by atoms with Gasteiger partial charge in [0, 0.05) is 18.5 Å². The zero-order chi connectivity index (χ0) is 23.4. The lowest BCUT2D eigenvalue weighted by molar-refractivity contribution is -0.140. The van der Waals surface area contributed by atoms with Gasteiger partial charge in [0.2, 0.25) is 0 Å². The van der Waals surface area contributed by atoms with E-state index >= 15 is 0 Å². The molecule has 0 aromatic heterocycles. The van der Waals surface area contributed by atoms with Crippen LogP contribution in [0.5, 0.6) is 0 Å². The van der Waals surface area contributed by atoms with E-state index in [0.717, 1.165) is 5.56 Å². The van der Waals surface area contributed by atoms with Crippen LogP contribution in [-0.4, -0.2) is 63.8 Å². The number of hydrogen-bond donors (Lipinski definition) is 6. The minimum absolute atomic E-state index is 0.0655. The molecule has 0 saturated heterocycles. The highest BCUT2D eigenvalue weighted by Gasteiger charge is 2.24. The van der Waals surface area contributed by atoms with Crippen molar-refractivity contribution in [1.82, 2.24) is 16.0 Å². The second kappa shape index (κ2) is 12.8. The molecule has 1 aromatic rings. The number of urea groups is 1. The van der Waals surface area contributed by atoms with E-state index in [9.17, 15) is 29.1 Å². The van der Waals surface area contributed by atoms with Gasteiger partial charge in [-0.05, 0) is 44.7 Å². The lowest BCUT2D eigenvalue weighted by atomic mass is 10.1. The summed E-state index contributed by atoms with van der Waals surface area (Å²) >= 11 is 0. The average molecular weight is 437 g/mol. The standard InChI is InChI=1S/C20H27N3O8/c1-12-5-7-13(8-6-12)17(26)21-11-3-2-4-14(18(27)28)22-20(31)23-15(19(29)30)9-10-16(24)25/h5-8,14-15H,2-4,9-11H2,1H3,(H,21,26)(H,24,25)(H,27,28)(H,29,30)(H2,22,23,31). The van der Waals surface area contributed by atoms with Crippen LogP contribution in [0.4, 0.5) is 4.79 Å². The fourth-order valence-electron chi connectivity index (χ4n) is 2.62. The zero-order valence-electron chi connectivity index (χ0n) is 17.1. The van der Waals surface area contributed by atoms with Crippen LogP contribution < -0.4 is 16.0 Å². The molecular weight excluding hydrogens is 410 g/mol. The van der Waals surface area contributed by atoms with Crippen molar-refractivity contribution in [2.75, 3.05) is 6.54 Å². The zero-order valence-corrected chi connectivity index (χ0v) is 17.1. The summed E-state index contributed by atoms with van der Waals surface area (Å²) in [7, 11) is 0. The first-order chi connectivity index (χ1) is 14.6. The van der Waals surface area contributed by atoms with Gasteiger partial charge >= 0.3 is 23.9 Å². The number of hydrogen-bond acceptors (Lipinski definition) is 5. The third-order valence-corrected chi connectivity index (χ3v) is 4.37. The minimum atomic E-state index is -1.46. The Morgan fingerprint density at radius 3 is 1.90 bits per heavy atom. The molecule has 11 heteroatoms. The third-order valence-electron chi connectivity index (χ3n) is 4.37. The highest BCUT2D eigenvalue weighted by atomic mass is 16.4. The van der Waals surface area contributed by atoms with E-state index in [0.29, 0.717) is 24.9 Å². The van der Waals surface area contributed by atoms with Crippen LogP contribution in [0.15, 0.2) is 24.3 Å². The topological polar surface area (TPSA) is 182 Å². The quantitative estimate of drug-likeness (QED) is 0.247. The summed E-state index contributed by atoms with van der Waals surface area (Å²) in [6.45, 7) is 2.23. The number of unbranched alkanes of at least 4 members (excludes halogenated alkanes) is 1. The number of carboxylic acid groups (broad SMARTS) is 3. The maximum atomic E-state index is 12.0. The summed E-state index contributed by atoms with van der Waals surface area (Å²) in [6.07, 6.45) is 0.119. The molecule has 170 valence electrons. The molecule has 3 amide bonds. The molecule has 0 radical (unpaired) electrons. The van der Waals surface area contributed by atoms with E-state index in [1.165, 1.54) is 0 Å². The highest BCUT2D eigenvalue weighted by Crippen LogP contribution is 2.05. The molecule has 31 heavy (non-hydrogen) atoms. The van der Waals surface area contributed by atoms with E-state index in [4.69, 9.17) is 10.2 Å². The number of carbonyl (C=O) groups excluding carboxylic acids is 2. The van der Waals surface area contributed by atoms with Gasteiger partial charge in [-0.1, -0.05) is 17.7 Å². The summed E-state index contributed by atoms with van der Waals surface area (Å²) in [6, 6.07) is 3.31. The van der Waals surface area contributed by atoms with E-state index in [-0.39, 0.29) is 18.7 Å². The molecule has 1 aromatic carbocycles. The number of aryl methyl sites for hydroxylation is 1. The molecule has 0 fully saturated rings. The lowest BCUT2D eigenvalue weighted by Gasteiger charge is -2.18. The van der Waals surface area contributed by atoms with Gasteiger partial charge in [0.25, 0.3) is 5.91 Å². The maximum Gasteiger partial charge on any atom is 0.326 e. The van der Waals surface area contributed by atoms with Crippen LogP contribution in [-0.2, 0) is 14.4 Å². The Balaban J connectivity index is 2.41. The number of nitrogens with one attached hydrogen (secondary N) is 3. The Morgan fingerprint density at radius 1 is 0.839 bits per heavy atom. The van der Waals surface area contributed by atoms with Crippen LogP contribution in [0.2, 0.25) is 0 Å². The van der Waals surface area contributed by atoms with Gasteiger partial charge < -0.3 is 31.3 Å². The molecule has 1 rings (SSSR count). The van der Waals surface area contributed by atoms with Crippen molar-refractivity contribution in [2.24, 2.45) is 0 Å². The first-order valence-corrected chi connectivity index (χ1v) is 9.69. The average Bonchev–Trinajstić information content (AvgIpc) is 2.69. The third kappa shape index (κ3) is 10.1. The molecule has 2 atom stereocenters. The molecule has 0 heterocycles. The summed E-state index contributed by atoms with van der Waals surface area (Å²) < 4.78 is 0. The van der Waals surface area contributed by atoms with E-state index in [1.807, 2.05) is 19.1 Å². The number of aliphatic carboxylic acids is 3. The van der Waals surface area contributed by atoms with E-state index in [1.54, 1.807) is 12.1 Å². The Morgan fingerprint density at radius 2 is 1.39 bits per heavy atom. The van der Waals surface area contributed by atoms with Gasteiger partial charge in [0.1, 0.15) is 12.1 Å². The largest absolute Gasteiger partial charge is 0.481 e. The summed E-state index contributed by atoms with van der Waals surface area (Å²) in [5, 5.41) is 33.9. The second-order valence-corrected chi connectivity index (χ2v) is 6.95. The summed E-state index contributed by atoms with van der Waals surface area (Å²) in [4.78, 5) is 56.9. The molecule has 6 N–H and O–H groups in total. The predicted octanol–water partition coefficient (Wildman–Crippen LogP) is 0.966. The van der Waals surface area contributed by atoms with Crippen LogP contribution in [0, 0.1) is 6.92 Å². The fraction of sp³-hybridized carbons (Fsp3) is 0.450. The number of benzene rings is 1. The van der Waals surface area contributed by atoms with Crippen LogP contribution in [0.25, 0.3) is 0 Å². The van der Waals surface area contributed by atoms with Crippen LogP contribution in [0.1, 0.15) is 48.0 Å². The Bertz CT molecular complexity index is 794. The molecule has 2 unspecified atom stereocenters. The minimum Gasteiger partial charge on any atom is -0.481 e. The summed E-state index contributed by atoms with van der Waals surface area (Å²) in [5.41, 5.74) is 1.55. The van der Waals surface area contributed by atoms with Gasteiger partial charge in [-0.15, -0.1) is 0 Å². The number of amides is 3. The van der Waals surface area contributed by atoms with Crippen molar-refractivity contribution in [2.45, 2.75) is 51.1 Å². The Labute approximate surface area is 178 Å². The van der Waals surface area contributed by atoms with Crippen molar-refractivity contribution in [3.05, 3.63) is 35.4 Å². The molecule has 0 spiro atoms. The molecule has 0 bridgehead atoms. The first kappa shape index (κ1) is 25.4. The fourth-order valence-corrected chi connectivity index (χ4v) is 2.62. The van der Waals surface area contributed by atoms with Gasteiger partial charge in [-0.2, -0.15) is 0 Å². The van der Waals surface area contributed by atoms with E-state index < -0.39 is 42.4 Å². The van der Waals surface area contributed by atoms with Crippen molar-refractivity contribution < 1.29 is 39.3 Å². The number of rotatable bonds is 13. The molecule has 11 nitrogen and oxygen atoms in total. The molecule has 0 aliphatic heterocycles. The number of carbonyl (C=O) groups is 5. The van der Waals surface area contributed by atoms with Gasteiger partial charge in [0.05, 0.1) is 0 Å². The maximum absolute atomic E-state index is 12.0. The normalized spacial score (nSPS) is 12.3. The van der Waals surface area contributed by atoms with Crippen LogP contribution >= 0.6 is 0 Å². The molecule has 0 saturated carbocycles. The van der Waals surface area contributed by atoms with Gasteiger partial charge in [0.15, 0.2) is 0 Å². The van der Waals surface area contributed by atoms with Crippen LogP contribution in [0.3, 0.4) is 0 Å².